The lowest BCUT2D eigenvalue weighted by Crippen LogP contribution is -2.34. The third-order valence-corrected chi connectivity index (χ3v) is 4.86. The van der Waals surface area contributed by atoms with Crippen LogP contribution >= 0.6 is 0 Å². The average Bonchev–Trinajstić information content (AvgIpc) is 2.84. The van der Waals surface area contributed by atoms with E-state index in [0.717, 1.165) is 12.2 Å². The lowest BCUT2D eigenvalue weighted by atomic mass is 9.95. The molecule has 0 aliphatic carbocycles. The van der Waals surface area contributed by atoms with Crippen LogP contribution < -0.4 is 10.1 Å². The molecule has 3 aromatic rings. The summed E-state index contributed by atoms with van der Waals surface area (Å²) in [5.74, 6) is -3.02. The number of allylic oxidation sites excluding steroid dienone is 2. The Morgan fingerprint density at radius 3 is 1.59 bits per heavy atom. The summed E-state index contributed by atoms with van der Waals surface area (Å²) >= 11 is 0. The molecule has 0 saturated heterocycles. The Morgan fingerprint density at radius 2 is 1.18 bits per heavy atom. The summed E-state index contributed by atoms with van der Waals surface area (Å²) in [5.41, 5.74) is 1.64. The molecule has 0 fully saturated rings. The molecule has 0 unspecified atom stereocenters. The van der Waals surface area contributed by atoms with Gasteiger partial charge in [0.2, 0.25) is 5.91 Å². The second kappa shape index (κ2) is 11.3. The van der Waals surface area contributed by atoms with Crippen LogP contribution in [0.1, 0.15) is 11.1 Å². The van der Waals surface area contributed by atoms with Crippen LogP contribution in [0, 0.1) is 5.92 Å². The Kier molecular flexibility index (Phi) is 7.97. The van der Waals surface area contributed by atoms with E-state index in [1.54, 1.807) is 48.5 Å². The minimum Gasteiger partial charge on any atom is -0.508 e. The van der Waals surface area contributed by atoms with Crippen molar-refractivity contribution in [3.8, 4) is 17.2 Å². The van der Waals surface area contributed by atoms with Gasteiger partial charge in [-0.1, -0.05) is 36.4 Å². The molecule has 0 atom stereocenters. The maximum atomic E-state index is 12.9. The molecule has 3 aromatic carbocycles. The molecule has 0 bridgehead atoms. The van der Waals surface area contributed by atoms with E-state index < -0.39 is 23.4 Å². The summed E-state index contributed by atoms with van der Waals surface area (Å²) < 4.78 is 5.09. The van der Waals surface area contributed by atoms with E-state index in [2.05, 4.69) is 5.32 Å². The summed E-state index contributed by atoms with van der Waals surface area (Å²) in [6.07, 6.45) is 5.26. The van der Waals surface area contributed by atoms with Crippen molar-refractivity contribution in [3.05, 3.63) is 96.1 Å². The number of hydrogen-bond acceptors (Lipinski definition) is 6. The fourth-order valence-corrected chi connectivity index (χ4v) is 3.01. The molecule has 7 nitrogen and oxygen atoms in total. The minimum atomic E-state index is -1.61. The van der Waals surface area contributed by atoms with E-state index in [0.29, 0.717) is 22.6 Å². The number of amides is 1. The SMILES string of the molecule is COc1ccc(NC(=O)C(C(=O)C=Cc2ccc(O)cc2)C(=O)C=Cc2ccc(O)cc2)cc1. The third kappa shape index (κ3) is 6.67. The molecular weight excluding hydrogens is 434 g/mol. The van der Waals surface area contributed by atoms with Crippen LogP contribution in [-0.4, -0.2) is 34.8 Å². The van der Waals surface area contributed by atoms with Crippen LogP contribution in [0.4, 0.5) is 5.69 Å². The van der Waals surface area contributed by atoms with E-state index in [9.17, 15) is 24.6 Å². The number of anilines is 1. The third-order valence-electron chi connectivity index (χ3n) is 4.86. The number of phenolic OH excluding ortho intramolecular Hbond substituents is 2. The average molecular weight is 457 g/mol. The summed E-state index contributed by atoms with van der Waals surface area (Å²) in [7, 11) is 1.52. The van der Waals surface area contributed by atoms with Crippen LogP contribution in [0.3, 0.4) is 0 Å². The van der Waals surface area contributed by atoms with E-state index in [-0.39, 0.29) is 11.5 Å². The molecule has 1 amide bonds. The van der Waals surface area contributed by atoms with Gasteiger partial charge in [-0.3, -0.25) is 14.4 Å². The quantitative estimate of drug-likeness (QED) is 0.327. The predicted octanol–water partition coefficient (Wildman–Crippen LogP) is 4.23. The summed E-state index contributed by atoms with van der Waals surface area (Å²) in [6, 6.07) is 18.7. The highest BCUT2D eigenvalue weighted by Crippen LogP contribution is 2.18. The summed E-state index contributed by atoms with van der Waals surface area (Å²) in [6.45, 7) is 0. The normalized spacial score (nSPS) is 11.9. The Balaban J connectivity index is 1.83. The molecule has 34 heavy (non-hydrogen) atoms. The van der Waals surface area contributed by atoms with Crippen molar-refractivity contribution in [3.63, 3.8) is 0 Å². The topological polar surface area (TPSA) is 113 Å². The first-order valence-electron chi connectivity index (χ1n) is 10.3. The lowest BCUT2D eigenvalue weighted by Gasteiger charge is -2.12. The smallest absolute Gasteiger partial charge is 0.243 e. The fraction of sp³-hybridized carbons (Fsp3) is 0.0741. The first kappa shape index (κ1) is 24.0. The number of ketones is 2. The van der Waals surface area contributed by atoms with Crippen LogP contribution in [0.15, 0.2) is 84.9 Å². The number of aromatic hydroxyl groups is 2. The number of carbonyl (C=O) groups is 3. The van der Waals surface area contributed by atoms with Crippen molar-refractivity contribution in [1.82, 2.24) is 0 Å². The van der Waals surface area contributed by atoms with Crippen LogP contribution in [-0.2, 0) is 14.4 Å². The molecule has 3 N–H and O–H groups in total. The summed E-state index contributed by atoms with van der Waals surface area (Å²) in [4.78, 5) is 38.8. The van der Waals surface area contributed by atoms with E-state index in [4.69, 9.17) is 4.74 Å². The molecule has 0 aromatic heterocycles. The number of benzene rings is 3. The number of nitrogens with one attached hydrogen (secondary N) is 1. The Labute approximate surface area is 196 Å². The second-order valence-corrected chi connectivity index (χ2v) is 7.31. The molecule has 7 heteroatoms. The molecule has 0 radical (unpaired) electrons. The van der Waals surface area contributed by atoms with Gasteiger partial charge in [-0.15, -0.1) is 0 Å². The number of methoxy groups -OCH3 is 1. The molecule has 0 heterocycles. The number of ether oxygens (including phenoxy) is 1. The lowest BCUT2D eigenvalue weighted by molar-refractivity contribution is -0.134. The van der Waals surface area contributed by atoms with Gasteiger partial charge in [-0.05, 0) is 71.8 Å². The Hall–Kier alpha value is -4.65. The van der Waals surface area contributed by atoms with Gasteiger partial charge >= 0.3 is 0 Å². The van der Waals surface area contributed by atoms with E-state index in [1.165, 1.54) is 43.5 Å². The van der Waals surface area contributed by atoms with Crippen molar-refractivity contribution in [2.75, 3.05) is 12.4 Å². The largest absolute Gasteiger partial charge is 0.508 e. The zero-order valence-corrected chi connectivity index (χ0v) is 18.3. The van der Waals surface area contributed by atoms with Crippen molar-refractivity contribution in [2.45, 2.75) is 0 Å². The van der Waals surface area contributed by atoms with Crippen molar-refractivity contribution in [2.24, 2.45) is 5.92 Å². The van der Waals surface area contributed by atoms with Gasteiger partial charge in [-0.2, -0.15) is 0 Å². The number of rotatable bonds is 9. The first-order valence-corrected chi connectivity index (χ1v) is 10.3. The van der Waals surface area contributed by atoms with E-state index >= 15 is 0 Å². The van der Waals surface area contributed by atoms with Gasteiger partial charge in [-0.25, -0.2) is 0 Å². The number of phenols is 2. The Morgan fingerprint density at radius 1 is 0.735 bits per heavy atom. The highest BCUT2D eigenvalue weighted by atomic mass is 16.5. The van der Waals surface area contributed by atoms with Gasteiger partial charge in [0.25, 0.3) is 0 Å². The molecular formula is C27H23NO6. The Bertz CT molecular complexity index is 1140. The molecule has 0 spiro atoms. The highest BCUT2D eigenvalue weighted by molar-refractivity contribution is 6.28. The zero-order chi connectivity index (χ0) is 24.5. The van der Waals surface area contributed by atoms with Crippen LogP contribution in [0.5, 0.6) is 17.2 Å². The minimum absolute atomic E-state index is 0.0785. The van der Waals surface area contributed by atoms with Gasteiger partial charge in [0, 0.05) is 5.69 Å². The maximum Gasteiger partial charge on any atom is 0.243 e. The zero-order valence-electron chi connectivity index (χ0n) is 18.3. The maximum absolute atomic E-state index is 12.9. The fourth-order valence-electron chi connectivity index (χ4n) is 3.01. The second-order valence-electron chi connectivity index (χ2n) is 7.31. The summed E-state index contributed by atoms with van der Waals surface area (Å²) in [5, 5.41) is 21.4. The van der Waals surface area contributed by atoms with E-state index in [1.807, 2.05) is 0 Å². The first-order chi connectivity index (χ1) is 16.4. The van der Waals surface area contributed by atoms with Crippen LogP contribution in [0.25, 0.3) is 12.2 Å². The van der Waals surface area contributed by atoms with Gasteiger partial charge in [0.1, 0.15) is 17.2 Å². The standard InChI is InChI=1S/C27H23NO6/c1-34-23-14-8-20(9-15-23)28-27(33)26(24(31)16-6-18-2-10-21(29)11-3-18)25(32)17-7-19-4-12-22(30)13-5-19/h2-17,26,29-30H,1H3,(H,28,33). The van der Waals surface area contributed by atoms with Gasteiger partial charge in [0.05, 0.1) is 7.11 Å². The highest BCUT2D eigenvalue weighted by Gasteiger charge is 2.31. The molecule has 0 saturated carbocycles. The molecule has 0 aliphatic rings. The molecule has 3 rings (SSSR count). The van der Waals surface area contributed by atoms with Crippen molar-refractivity contribution in [1.29, 1.82) is 0 Å². The number of carbonyl (C=O) groups excluding carboxylic acids is 3. The van der Waals surface area contributed by atoms with Gasteiger partial charge < -0.3 is 20.3 Å². The van der Waals surface area contributed by atoms with Crippen molar-refractivity contribution < 1.29 is 29.3 Å². The molecule has 0 aliphatic heterocycles. The van der Waals surface area contributed by atoms with Gasteiger partial charge in [0.15, 0.2) is 17.5 Å². The predicted molar refractivity (Wildman–Crippen MR) is 129 cm³/mol. The number of hydrogen-bond donors (Lipinski definition) is 3. The van der Waals surface area contributed by atoms with Crippen LogP contribution in [0.2, 0.25) is 0 Å². The molecule has 172 valence electrons. The van der Waals surface area contributed by atoms with Crippen molar-refractivity contribution >= 4 is 35.3 Å². The monoisotopic (exact) mass is 457 g/mol.